The van der Waals surface area contributed by atoms with Gasteiger partial charge in [-0.25, -0.2) is 4.57 Å². The van der Waals surface area contributed by atoms with Crippen molar-refractivity contribution >= 4 is 28.4 Å². The summed E-state index contributed by atoms with van der Waals surface area (Å²) in [5.41, 5.74) is 12.4. The minimum Gasteiger partial charge on any atom is -0.365 e. The smallest absolute Gasteiger partial charge is 0.278 e. The number of aromatic nitrogens is 3. The Hall–Kier alpha value is -2.96. The minimum atomic E-state index is -0.668. The molecular weight excluding hydrogens is 294 g/mol. The van der Waals surface area contributed by atoms with Gasteiger partial charge in [0.2, 0.25) is 11.5 Å². The lowest BCUT2D eigenvalue weighted by Gasteiger charge is -2.15. The zero-order chi connectivity index (χ0) is 16.7. The third kappa shape index (κ3) is 2.21. The van der Waals surface area contributed by atoms with E-state index in [-0.39, 0.29) is 23.0 Å². The number of fused-ring (bicyclic) bond motifs is 2. The van der Waals surface area contributed by atoms with E-state index in [0.717, 1.165) is 6.42 Å². The Bertz CT molecular complexity index is 993. The van der Waals surface area contributed by atoms with Crippen LogP contribution in [0.5, 0.6) is 0 Å². The molecule has 3 aromatic heterocycles. The highest BCUT2D eigenvalue weighted by Crippen LogP contribution is 2.17. The van der Waals surface area contributed by atoms with Crippen LogP contribution >= 0.6 is 0 Å². The van der Waals surface area contributed by atoms with E-state index in [0.29, 0.717) is 16.7 Å². The Morgan fingerprint density at radius 3 is 2.83 bits per heavy atom. The Morgan fingerprint density at radius 1 is 1.43 bits per heavy atom. The van der Waals surface area contributed by atoms with E-state index in [1.807, 2.05) is 19.9 Å². The molecule has 7 heteroatoms. The summed E-state index contributed by atoms with van der Waals surface area (Å²) in [4.78, 5) is 29.0. The van der Waals surface area contributed by atoms with Gasteiger partial charge in [-0.2, -0.15) is 0 Å². The number of primary amides is 1. The van der Waals surface area contributed by atoms with Gasteiger partial charge < -0.3 is 11.5 Å². The summed E-state index contributed by atoms with van der Waals surface area (Å²) in [6, 6.07) is 6.70. The first-order valence-corrected chi connectivity index (χ1v) is 7.40. The van der Waals surface area contributed by atoms with Gasteiger partial charge in [0.25, 0.3) is 17.1 Å². The maximum absolute atomic E-state index is 12.8. The molecule has 0 saturated carbocycles. The third-order valence-corrected chi connectivity index (χ3v) is 4.10. The SMILES string of the molecule is CCC(C)[n+]1c(N)c(C(N)=O)cc2c(=O)n3ccccc3nc21. The number of nitrogens with zero attached hydrogens (tertiary/aromatic N) is 3. The van der Waals surface area contributed by atoms with Gasteiger partial charge in [0.05, 0.1) is 6.04 Å². The van der Waals surface area contributed by atoms with Crippen LogP contribution in [0, 0.1) is 0 Å². The van der Waals surface area contributed by atoms with Gasteiger partial charge in [0.1, 0.15) is 10.9 Å². The van der Waals surface area contributed by atoms with Crippen LogP contribution in [-0.2, 0) is 0 Å². The summed E-state index contributed by atoms with van der Waals surface area (Å²) in [5.74, 6) is -0.439. The molecule has 3 aromatic rings. The molecule has 0 bridgehead atoms. The summed E-state index contributed by atoms with van der Waals surface area (Å²) in [6.45, 7) is 3.95. The Balaban J connectivity index is 2.58. The second-order valence-electron chi connectivity index (χ2n) is 5.52. The first-order chi connectivity index (χ1) is 11.0. The molecule has 3 heterocycles. The second kappa shape index (κ2) is 5.35. The van der Waals surface area contributed by atoms with Crippen molar-refractivity contribution in [2.75, 3.05) is 5.73 Å². The monoisotopic (exact) mass is 312 g/mol. The van der Waals surface area contributed by atoms with Crippen LogP contribution in [-0.4, -0.2) is 15.3 Å². The molecule has 0 aliphatic rings. The molecule has 3 rings (SSSR count). The quantitative estimate of drug-likeness (QED) is 0.550. The summed E-state index contributed by atoms with van der Waals surface area (Å²) in [5, 5.41) is 0.317. The number of rotatable bonds is 3. The van der Waals surface area contributed by atoms with E-state index in [1.54, 1.807) is 22.9 Å². The highest BCUT2D eigenvalue weighted by molar-refractivity contribution is 5.99. The van der Waals surface area contributed by atoms with Gasteiger partial charge in [-0.05, 0) is 31.5 Å². The lowest BCUT2D eigenvalue weighted by atomic mass is 10.1. The Labute approximate surface area is 132 Å². The number of hydrogen-bond donors (Lipinski definition) is 2. The fraction of sp³-hybridized carbons (Fsp3) is 0.250. The van der Waals surface area contributed by atoms with E-state index < -0.39 is 5.91 Å². The molecule has 1 unspecified atom stereocenters. The van der Waals surface area contributed by atoms with Crippen molar-refractivity contribution < 1.29 is 9.36 Å². The highest BCUT2D eigenvalue weighted by atomic mass is 16.1. The maximum Gasteiger partial charge on any atom is 0.278 e. The van der Waals surface area contributed by atoms with Crippen LogP contribution in [0.2, 0.25) is 0 Å². The Kier molecular flexibility index (Phi) is 3.48. The molecule has 0 radical (unpaired) electrons. The Morgan fingerprint density at radius 2 is 2.17 bits per heavy atom. The molecule has 0 aliphatic heterocycles. The normalized spacial score (nSPS) is 12.6. The third-order valence-electron chi connectivity index (χ3n) is 4.10. The largest absolute Gasteiger partial charge is 0.365 e. The lowest BCUT2D eigenvalue weighted by molar-refractivity contribution is -0.683. The predicted octanol–water partition coefficient (Wildman–Crippen LogP) is 0.787. The van der Waals surface area contributed by atoms with Crippen LogP contribution < -0.4 is 21.6 Å². The predicted molar refractivity (Wildman–Crippen MR) is 87.1 cm³/mol. The molecule has 0 aromatic carbocycles. The molecule has 7 nitrogen and oxygen atoms in total. The van der Waals surface area contributed by atoms with E-state index in [9.17, 15) is 9.59 Å². The number of carbonyl (C=O) groups is 1. The fourth-order valence-electron chi connectivity index (χ4n) is 2.69. The van der Waals surface area contributed by atoms with E-state index in [2.05, 4.69) is 4.98 Å². The molecule has 0 aliphatic carbocycles. The van der Waals surface area contributed by atoms with Crippen molar-refractivity contribution in [3.63, 3.8) is 0 Å². The first-order valence-electron chi connectivity index (χ1n) is 7.40. The average Bonchev–Trinajstić information content (AvgIpc) is 2.54. The second-order valence-corrected chi connectivity index (χ2v) is 5.52. The molecular formula is C16H18N5O2+. The van der Waals surface area contributed by atoms with Crippen LogP contribution in [0.3, 0.4) is 0 Å². The van der Waals surface area contributed by atoms with Crippen molar-refractivity contribution in [3.05, 3.63) is 46.4 Å². The van der Waals surface area contributed by atoms with Gasteiger partial charge in [-0.15, -0.1) is 0 Å². The lowest BCUT2D eigenvalue weighted by Crippen LogP contribution is -2.45. The molecule has 1 amide bonds. The molecule has 118 valence electrons. The fourth-order valence-corrected chi connectivity index (χ4v) is 2.69. The minimum absolute atomic E-state index is 0.0325. The molecule has 0 fully saturated rings. The van der Waals surface area contributed by atoms with E-state index in [4.69, 9.17) is 11.5 Å². The van der Waals surface area contributed by atoms with E-state index in [1.165, 1.54) is 10.5 Å². The number of pyridine rings is 2. The molecule has 0 saturated heterocycles. The summed E-state index contributed by atoms with van der Waals surface area (Å²) < 4.78 is 3.15. The van der Waals surface area contributed by atoms with Gasteiger partial charge in [-0.1, -0.05) is 18.0 Å². The number of hydrogen-bond acceptors (Lipinski definition) is 4. The highest BCUT2D eigenvalue weighted by Gasteiger charge is 2.25. The topological polar surface area (TPSA) is 107 Å². The van der Waals surface area contributed by atoms with Gasteiger partial charge in [0.15, 0.2) is 0 Å². The van der Waals surface area contributed by atoms with Crippen molar-refractivity contribution in [1.29, 1.82) is 0 Å². The van der Waals surface area contributed by atoms with E-state index >= 15 is 0 Å². The molecule has 4 N–H and O–H groups in total. The maximum atomic E-state index is 12.8. The zero-order valence-electron chi connectivity index (χ0n) is 13.0. The summed E-state index contributed by atoms with van der Waals surface area (Å²) in [7, 11) is 0. The number of nitrogens with two attached hydrogens (primary N) is 2. The number of nitrogen functional groups attached to an aromatic ring is 1. The zero-order valence-corrected chi connectivity index (χ0v) is 13.0. The van der Waals surface area contributed by atoms with Crippen LogP contribution in [0.1, 0.15) is 36.7 Å². The average molecular weight is 312 g/mol. The first kappa shape index (κ1) is 15.0. The summed E-state index contributed by atoms with van der Waals surface area (Å²) in [6.07, 6.45) is 2.40. The van der Waals surface area contributed by atoms with Crippen LogP contribution in [0.25, 0.3) is 16.7 Å². The van der Waals surface area contributed by atoms with Gasteiger partial charge in [0, 0.05) is 6.20 Å². The number of anilines is 1. The van der Waals surface area contributed by atoms with Crippen molar-refractivity contribution in [2.45, 2.75) is 26.3 Å². The van der Waals surface area contributed by atoms with Crippen LogP contribution in [0.4, 0.5) is 5.82 Å². The molecule has 0 spiro atoms. The van der Waals surface area contributed by atoms with Gasteiger partial charge >= 0.3 is 0 Å². The van der Waals surface area contributed by atoms with Crippen LogP contribution in [0.15, 0.2) is 35.3 Å². The van der Waals surface area contributed by atoms with Gasteiger partial charge in [-0.3, -0.25) is 14.0 Å². The van der Waals surface area contributed by atoms with Crippen molar-refractivity contribution in [2.24, 2.45) is 5.73 Å². The summed E-state index contributed by atoms with van der Waals surface area (Å²) >= 11 is 0. The van der Waals surface area contributed by atoms with Crippen molar-refractivity contribution in [3.8, 4) is 0 Å². The molecule has 1 atom stereocenters. The van der Waals surface area contributed by atoms with Crippen molar-refractivity contribution in [1.82, 2.24) is 9.38 Å². The standard InChI is InChI=1S/C16H17N5O2/c1-3-9(2)21-13(17)10(14(18)22)8-11-15(21)19-12-6-4-5-7-20(12)16(11)23/h4-9,17H,3H2,1-2H3,(H2,18,22)/p+1. The number of carbonyl (C=O) groups excluding carboxylic acids is 1. The molecule has 23 heavy (non-hydrogen) atoms. The number of amides is 1.